The summed E-state index contributed by atoms with van der Waals surface area (Å²) >= 11 is 1.69. The molecule has 0 fully saturated rings. The van der Waals surface area contributed by atoms with Crippen molar-refractivity contribution < 1.29 is 0 Å². The van der Waals surface area contributed by atoms with Gasteiger partial charge in [0.25, 0.3) is 0 Å². The van der Waals surface area contributed by atoms with Gasteiger partial charge in [-0.2, -0.15) is 5.26 Å². The number of nitriles is 1. The Kier molecular flexibility index (Phi) is 3.58. The Labute approximate surface area is 99.0 Å². The van der Waals surface area contributed by atoms with Gasteiger partial charge in [-0.3, -0.25) is 4.98 Å². The van der Waals surface area contributed by atoms with Crippen LogP contribution < -0.4 is 0 Å². The predicted molar refractivity (Wildman–Crippen MR) is 65.0 cm³/mol. The molecular weight excluding hydrogens is 216 g/mol. The maximum atomic E-state index is 8.75. The first-order chi connectivity index (χ1) is 7.88. The summed E-state index contributed by atoms with van der Waals surface area (Å²) in [5.74, 6) is 0.900. The SMILES string of the molecule is N#Cc1cncc(SCc2ccccc2)c1. The third-order valence-corrected chi connectivity index (χ3v) is 3.12. The van der Waals surface area contributed by atoms with Crippen molar-refractivity contribution in [3.8, 4) is 6.07 Å². The number of aromatic nitrogens is 1. The van der Waals surface area contributed by atoms with E-state index in [1.807, 2.05) is 24.3 Å². The topological polar surface area (TPSA) is 36.7 Å². The second-order valence-electron chi connectivity index (χ2n) is 3.30. The first kappa shape index (κ1) is 10.7. The molecule has 0 aliphatic rings. The summed E-state index contributed by atoms with van der Waals surface area (Å²) in [6.07, 6.45) is 3.36. The van der Waals surface area contributed by atoms with Gasteiger partial charge >= 0.3 is 0 Å². The molecule has 0 unspecified atom stereocenters. The molecule has 0 aliphatic carbocycles. The van der Waals surface area contributed by atoms with Crippen LogP contribution in [0.3, 0.4) is 0 Å². The highest BCUT2D eigenvalue weighted by Gasteiger charge is 1.98. The number of rotatable bonds is 3. The number of benzene rings is 1. The molecule has 0 spiro atoms. The van der Waals surface area contributed by atoms with E-state index in [9.17, 15) is 0 Å². The van der Waals surface area contributed by atoms with E-state index in [2.05, 4.69) is 23.2 Å². The maximum absolute atomic E-state index is 8.75. The van der Waals surface area contributed by atoms with E-state index in [1.165, 1.54) is 5.56 Å². The Hall–Kier alpha value is -1.79. The molecule has 78 valence electrons. The number of nitrogens with zero attached hydrogens (tertiary/aromatic N) is 2. The van der Waals surface area contributed by atoms with Crippen LogP contribution in [0, 0.1) is 11.3 Å². The lowest BCUT2D eigenvalue weighted by Crippen LogP contribution is -1.82. The Bertz CT molecular complexity index is 503. The molecule has 1 aromatic heterocycles. The van der Waals surface area contributed by atoms with E-state index < -0.39 is 0 Å². The average molecular weight is 226 g/mol. The van der Waals surface area contributed by atoms with E-state index in [4.69, 9.17) is 5.26 Å². The standard InChI is InChI=1S/C13H10N2S/c14-7-12-6-13(9-15-8-12)16-10-11-4-2-1-3-5-11/h1-6,8-9H,10H2. The van der Waals surface area contributed by atoms with E-state index in [-0.39, 0.29) is 0 Å². The molecule has 0 atom stereocenters. The lowest BCUT2D eigenvalue weighted by Gasteiger charge is -2.01. The molecule has 2 rings (SSSR count). The third kappa shape index (κ3) is 2.85. The molecule has 0 bridgehead atoms. The minimum atomic E-state index is 0.609. The molecule has 1 aromatic carbocycles. The third-order valence-electron chi connectivity index (χ3n) is 2.09. The van der Waals surface area contributed by atoms with Crippen LogP contribution >= 0.6 is 11.8 Å². The monoisotopic (exact) mass is 226 g/mol. The van der Waals surface area contributed by atoms with Gasteiger partial charge in [0.05, 0.1) is 5.56 Å². The fourth-order valence-corrected chi connectivity index (χ4v) is 2.17. The van der Waals surface area contributed by atoms with Crippen LogP contribution in [-0.4, -0.2) is 4.98 Å². The highest BCUT2D eigenvalue weighted by molar-refractivity contribution is 7.98. The van der Waals surface area contributed by atoms with Crippen LogP contribution in [-0.2, 0) is 5.75 Å². The molecule has 0 N–H and O–H groups in total. The second-order valence-corrected chi connectivity index (χ2v) is 4.34. The lowest BCUT2D eigenvalue weighted by molar-refractivity contribution is 1.21. The van der Waals surface area contributed by atoms with Gasteiger partial charge in [0.15, 0.2) is 0 Å². The highest BCUT2D eigenvalue weighted by atomic mass is 32.2. The number of pyridine rings is 1. The molecule has 16 heavy (non-hydrogen) atoms. The van der Waals surface area contributed by atoms with Crippen molar-refractivity contribution in [1.29, 1.82) is 5.26 Å². The molecule has 0 amide bonds. The zero-order valence-electron chi connectivity index (χ0n) is 8.63. The Morgan fingerprint density at radius 1 is 1.19 bits per heavy atom. The Morgan fingerprint density at radius 3 is 2.75 bits per heavy atom. The summed E-state index contributed by atoms with van der Waals surface area (Å²) in [6.45, 7) is 0. The quantitative estimate of drug-likeness (QED) is 0.754. The van der Waals surface area contributed by atoms with Gasteiger partial charge < -0.3 is 0 Å². The first-order valence-electron chi connectivity index (χ1n) is 4.90. The van der Waals surface area contributed by atoms with E-state index in [1.54, 1.807) is 24.2 Å². The minimum absolute atomic E-state index is 0.609. The molecule has 0 saturated carbocycles. The first-order valence-corrected chi connectivity index (χ1v) is 5.89. The zero-order valence-corrected chi connectivity index (χ0v) is 9.45. The number of hydrogen-bond donors (Lipinski definition) is 0. The van der Waals surface area contributed by atoms with Crippen molar-refractivity contribution in [3.63, 3.8) is 0 Å². The van der Waals surface area contributed by atoms with Crippen LogP contribution in [0.1, 0.15) is 11.1 Å². The van der Waals surface area contributed by atoms with Crippen molar-refractivity contribution in [3.05, 3.63) is 59.9 Å². The fourth-order valence-electron chi connectivity index (χ4n) is 1.30. The predicted octanol–water partition coefficient (Wildman–Crippen LogP) is 3.25. The molecule has 0 saturated heterocycles. The second kappa shape index (κ2) is 5.34. The van der Waals surface area contributed by atoms with Gasteiger partial charge in [-0.25, -0.2) is 0 Å². The van der Waals surface area contributed by atoms with Gasteiger partial charge in [-0.1, -0.05) is 30.3 Å². The Morgan fingerprint density at radius 2 is 2.00 bits per heavy atom. The smallest absolute Gasteiger partial charge is 0.101 e. The van der Waals surface area contributed by atoms with E-state index in [0.29, 0.717) is 5.56 Å². The average Bonchev–Trinajstić information content (AvgIpc) is 2.38. The van der Waals surface area contributed by atoms with Gasteiger partial charge in [0, 0.05) is 23.0 Å². The molecule has 0 aliphatic heterocycles. The van der Waals surface area contributed by atoms with Crippen molar-refractivity contribution in [2.75, 3.05) is 0 Å². The van der Waals surface area contributed by atoms with Gasteiger partial charge in [0.2, 0.25) is 0 Å². The minimum Gasteiger partial charge on any atom is -0.262 e. The number of hydrogen-bond acceptors (Lipinski definition) is 3. The van der Waals surface area contributed by atoms with Crippen molar-refractivity contribution >= 4 is 11.8 Å². The normalized spacial score (nSPS) is 9.69. The molecular formula is C13H10N2S. The molecule has 1 heterocycles. The number of thioether (sulfide) groups is 1. The van der Waals surface area contributed by atoms with Crippen LogP contribution in [0.5, 0.6) is 0 Å². The largest absolute Gasteiger partial charge is 0.262 e. The summed E-state index contributed by atoms with van der Waals surface area (Å²) in [6, 6.07) is 14.2. The maximum Gasteiger partial charge on any atom is 0.101 e. The fraction of sp³-hybridized carbons (Fsp3) is 0.0769. The van der Waals surface area contributed by atoms with Crippen molar-refractivity contribution in [2.24, 2.45) is 0 Å². The van der Waals surface area contributed by atoms with Crippen molar-refractivity contribution in [2.45, 2.75) is 10.6 Å². The lowest BCUT2D eigenvalue weighted by atomic mass is 10.2. The van der Waals surface area contributed by atoms with Crippen LogP contribution in [0.15, 0.2) is 53.7 Å². The van der Waals surface area contributed by atoms with Crippen molar-refractivity contribution in [1.82, 2.24) is 4.98 Å². The summed E-state index contributed by atoms with van der Waals surface area (Å²) in [7, 11) is 0. The van der Waals surface area contributed by atoms with Gasteiger partial charge in [-0.15, -0.1) is 11.8 Å². The van der Waals surface area contributed by atoms with Crippen LogP contribution in [0.2, 0.25) is 0 Å². The van der Waals surface area contributed by atoms with E-state index in [0.717, 1.165) is 10.6 Å². The molecule has 0 radical (unpaired) electrons. The molecule has 2 nitrogen and oxygen atoms in total. The molecule has 2 aromatic rings. The highest BCUT2D eigenvalue weighted by Crippen LogP contribution is 2.22. The van der Waals surface area contributed by atoms with Crippen LogP contribution in [0.25, 0.3) is 0 Å². The zero-order chi connectivity index (χ0) is 11.2. The van der Waals surface area contributed by atoms with Gasteiger partial charge in [0.1, 0.15) is 6.07 Å². The van der Waals surface area contributed by atoms with Crippen LogP contribution in [0.4, 0.5) is 0 Å². The Balaban J connectivity index is 2.03. The summed E-state index contributed by atoms with van der Waals surface area (Å²) in [4.78, 5) is 5.05. The van der Waals surface area contributed by atoms with Gasteiger partial charge in [-0.05, 0) is 11.6 Å². The molecule has 3 heteroatoms. The summed E-state index contributed by atoms with van der Waals surface area (Å²) < 4.78 is 0. The summed E-state index contributed by atoms with van der Waals surface area (Å²) in [5.41, 5.74) is 1.88. The summed E-state index contributed by atoms with van der Waals surface area (Å²) in [5, 5.41) is 8.75. The van der Waals surface area contributed by atoms with E-state index >= 15 is 0 Å².